The molecular weight excluding hydrogens is 322 g/mol. The Morgan fingerprint density at radius 3 is 2.28 bits per heavy atom. The predicted molar refractivity (Wildman–Crippen MR) is 92.4 cm³/mol. The van der Waals surface area contributed by atoms with Crippen LogP contribution in [0.15, 0.2) is 72.8 Å². The molecule has 1 unspecified atom stereocenters. The summed E-state index contributed by atoms with van der Waals surface area (Å²) < 4.78 is 27.7. The zero-order chi connectivity index (χ0) is 17.4. The third-order valence-electron chi connectivity index (χ3n) is 4.23. The average molecular weight is 336 g/mol. The first kappa shape index (κ1) is 15.3. The maximum absolute atomic E-state index is 14.4. The Kier molecular flexibility index (Phi) is 3.69. The summed E-state index contributed by atoms with van der Waals surface area (Å²) in [6.45, 7) is 0. The van der Waals surface area contributed by atoms with Crippen LogP contribution in [0.3, 0.4) is 0 Å². The minimum Gasteiger partial charge on any atom is -0.360 e. The molecule has 1 amide bonds. The number of para-hydroxylation sites is 1. The van der Waals surface area contributed by atoms with Crippen molar-refractivity contribution in [1.82, 2.24) is 0 Å². The lowest BCUT2D eigenvalue weighted by Crippen LogP contribution is -2.43. The molecule has 124 valence electrons. The molecule has 1 aliphatic heterocycles. The highest BCUT2D eigenvalue weighted by molar-refractivity contribution is 6.12. The number of benzene rings is 3. The Hall–Kier alpha value is -3.21. The Labute approximate surface area is 143 Å². The monoisotopic (exact) mass is 336 g/mol. The summed E-state index contributed by atoms with van der Waals surface area (Å²) in [6.07, 6.45) is -0.728. The topological polar surface area (TPSA) is 32.3 Å². The average Bonchev–Trinajstić information content (AvgIpc) is 2.63. The molecule has 3 aromatic carbocycles. The summed E-state index contributed by atoms with van der Waals surface area (Å²) >= 11 is 0. The lowest BCUT2D eigenvalue weighted by Gasteiger charge is -2.38. The Bertz CT molecular complexity index is 940. The Morgan fingerprint density at radius 1 is 0.840 bits per heavy atom. The van der Waals surface area contributed by atoms with Crippen molar-refractivity contribution < 1.29 is 13.6 Å². The number of halogens is 2. The Balaban J connectivity index is 1.89. The van der Waals surface area contributed by atoms with Gasteiger partial charge in [0.1, 0.15) is 17.8 Å². The van der Waals surface area contributed by atoms with E-state index in [4.69, 9.17) is 0 Å². The molecule has 3 aromatic rings. The van der Waals surface area contributed by atoms with Gasteiger partial charge < -0.3 is 5.32 Å². The molecule has 5 heteroatoms. The number of hydrogen-bond acceptors (Lipinski definition) is 2. The molecule has 1 heterocycles. The number of fused-ring (bicyclic) bond motifs is 1. The molecule has 0 fully saturated rings. The van der Waals surface area contributed by atoms with Gasteiger partial charge in [0.25, 0.3) is 5.91 Å². The highest BCUT2D eigenvalue weighted by atomic mass is 19.1. The van der Waals surface area contributed by atoms with Crippen molar-refractivity contribution in [2.45, 2.75) is 6.17 Å². The van der Waals surface area contributed by atoms with E-state index in [0.29, 0.717) is 22.5 Å². The first-order valence-electron chi connectivity index (χ1n) is 7.84. The zero-order valence-electron chi connectivity index (χ0n) is 13.1. The van der Waals surface area contributed by atoms with Gasteiger partial charge in [-0.25, -0.2) is 8.78 Å². The number of rotatable bonds is 2. The smallest absolute Gasteiger partial charge is 0.262 e. The van der Waals surface area contributed by atoms with Crippen molar-refractivity contribution in [2.24, 2.45) is 0 Å². The van der Waals surface area contributed by atoms with Gasteiger partial charge in [0.15, 0.2) is 0 Å². The second kappa shape index (κ2) is 6.02. The van der Waals surface area contributed by atoms with Crippen LogP contribution < -0.4 is 10.2 Å². The van der Waals surface area contributed by atoms with E-state index in [0.717, 1.165) is 0 Å². The largest absolute Gasteiger partial charge is 0.360 e. The molecule has 0 radical (unpaired) electrons. The van der Waals surface area contributed by atoms with Crippen LogP contribution in [0.1, 0.15) is 22.1 Å². The fourth-order valence-corrected chi connectivity index (χ4v) is 3.04. The van der Waals surface area contributed by atoms with E-state index in [9.17, 15) is 13.6 Å². The van der Waals surface area contributed by atoms with Crippen molar-refractivity contribution >= 4 is 17.3 Å². The van der Waals surface area contributed by atoms with Crippen molar-refractivity contribution in [3.63, 3.8) is 0 Å². The van der Waals surface area contributed by atoms with Gasteiger partial charge in [-0.3, -0.25) is 9.69 Å². The van der Waals surface area contributed by atoms with Crippen LogP contribution >= 0.6 is 0 Å². The van der Waals surface area contributed by atoms with Crippen LogP contribution in [-0.2, 0) is 0 Å². The standard InChI is InChI=1S/C20H14F2N2O/c21-13-9-11-14(12-10-13)24-19(15-5-1-3-7-17(15)22)23-18-8-4-2-6-16(18)20(24)25/h1-12,19,23H. The van der Waals surface area contributed by atoms with Crippen molar-refractivity contribution in [1.29, 1.82) is 0 Å². The van der Waals surface area contributed by atoms with E-state index in [1.165, 1.54) is 35.2 Å². The van der Waals surface area contributed by atoms with Crippen LogP contribution in [0.2, 0.25) is 0 Å². The Morgan fingerprint density at radius 2 is 1.52 bits per heavy atom. The van der Waals surface area contributed by atoms with E-state index in [2.05, 4.69) is 5.32 Å². The highest BCUT2D eigenvalue weighted by Crippen LogP contribution is 2.37. The predicted octanol–water partition coefficient (Wildman–Crippen LogP) is 4.74. The molecule has 0 aliphatic carbocycles. The summed E-state index contributed by atoms with van der Waals surface area (Å²) in [5.74, 6) is -1.09. The van der Waals surface area contributed by atoms with Crippen LogP contribution in [0.5, 0.6) is 0 Å². The molecule has 4 rings (SSSR count). The maximum Gasteiger partial charge on any atom is 0.262 e. The van der Waals surface area contributed by atoms with Gasteiger partial charge in [0, 0.05) is 16.9 Å². The first-order chi connectivity index (χ1) is 12.1. The van der Waals surface area contributed by atoms with Gasteiger partial charge in [-0.2, -0.15) is 0 Å². The molecule has 0 aromatic heterocycles. The number of amides is 1. The van der Waals surface area contributed by atoms with E-state index >= 15 is 0 Å². The van der Waals surface area contributed by atoms with Crippen LogP contribution in [0.4, 0.5) is 20.2 Å². The van der Waals surface area contributed by atoms with E-state index < -0.39 is 17.8 Å². The third-order valence-corrected chi connectivity index (χ3v) is 4.23. The first-order valence-corrected chi connectivity index (χ1v) is 7.84. The molecule has 1 N–H and O–H groups in total. The lowest BCUT2D eigenvalue weighted by molar-refractivity contribution is 0.0974. The fraction of sp³-hybridized carbons (Fsp3) is 0.0500. The zero-order valence-corrected chi connectivity index (χ0v) is 13.1. The van der Waals surface area contributed by atoms with Crippen LogP contribution in [-0.4, -0.2) is 5.91 Å². The van der Waals surface area contributed by atoms with Gasteiger partial charge in [-0.15, -0.1) is 0 Å². The highest BCUT2D eigenvalue weighted by Gasteiger charge is 2.35. The number of nitrogens with one attached hydrogen (secondary N) is 1. The van der Waals surface area contributed by atoms with E-state index in [1.54, 1.807) is 36.4 Å². The molecule has 0 saturated carbocycles. The second-order valence-corrected chi connectivity index (χ2v) is 5.77. The minimum absolute atomic E-state index is 0.269. The quantitative estimate of drug-likeness (QED) is 0.733. The van der Waals surface area contributed by atoms with E-state index in [1.807, 2.05) is 6.07 Å². The molecule has 1 aliphatic rings. The fourth-order valence-electron chi connectivity index (χ4n) is 3.04. The van der Waals surface area contributed by atoms with Gasteiger partial charge in [-0.05, 0) is 42.5 Å². The number of hydrogen-bond donors (Lipinski definition) is 1. The molecule has 25 heavy (non-hydrogen) atoms. The lowest BCUT2D eigenvalue weighted by atomic mass is 10.0. The van der Waals surface area contributed by atoms with Gasteiger partial charge in [-0.1, -0.05) is 30.3 Å². The third kappa shape index (κ3) is 2.63. The molecule has 1 atom stereocenters. The number of anilines is 2. The molecule has 0 spiro atoms. The van der Waals surface area contributed by atoms with Crippen molar-refractivity contribution in [3.8, 4) is 0 Å². The SMILES string of the molecule is O=C1c2ccccc2NC(c2ccccc2F)N1c1ccc(F)cc1. The maximum atomic E-state index is 14.4. The second-order valence-electron chi connectivity index (χ2n) is 5.77. The number of carbonyl (C=O) groups excluding carboxylic acids is 1. The summed E-state index contributed by atoms with van der Waals surface area (Å²) in [7, 11) is 0. The number of carbonyl (C=O) groups is 1. The summed E-state index contributed by atoms with van der Waals surface area (Å²) in [5.41, 5.74) is 1.95. The minimum atomic E-state index is -0.728. The van der Waals surface area contributed by atoms with Crippen molar-refractivity contribution in [3.05, 3.63) is 95.6 Å². The molecule has 0 bridgehead atoms. The summed E-state index contributed by atoms with van der Waals surface area (Å²) in [6, 6.07) is 18.9. The van der Waals surface area contributed by atoms with Crippen molar-refractivity contribution in [2.75, 3.05) is 10.2 Å². The summed E-state index contributed by atoms with van der Waals surface area (Å²) in [5, 5.41) is 3.22. The molecular formula is C20H14F2N2O. The van der Waals surface area contributed by atoms with Crippen LogP contribution in [0, 0.1) is 11.6 Å². The molecule has 0 saturated heterocycles. The van der Waals surface area contributed by atoms with Gasteiger partial charge >= 0.3 is 0 Å². The normalized spacial score (nSPS) is 16.3. The number of nitrogens with zero attached hydrogens (tertiary/aromatic N) is 1. The summed E-state index contributed by atoms with van der Waals surface area (Å²) in [4.78, 5) is 14.5. The van der Waals surface area contributed by atoms with E-state index in [-0.39, 0.29) is 5.91 Å². The van der Waals surface area contributed by atoms with Gasteiger partial charge in [0.05, 0.1) is 5.56 Å². The van der Waals surface area contributed by atoms with Gasteiger partial charge in [0.2, 0.25) is 0 Å². The van der Waals surface area contributed by atoms with Crippen LogP contribution in [0.25, 0.3) is 0 Å². The molecule has 3 nitrogen and oxygen atoms in total.